The summed E-state index contributed by atoms with van der Waals surface area (Å²) in [6.07, 6.45) is 18.2. The lowest BCUT2D eigenvalue weighted by Crippen LogP contribution is -2.27. The maximum atomic E-state index is 12.5. The number of aliphatic hydroxyl groups excluding tert-OH is 1. The van der Waals surface area contributed by atoms with E-state index in [1.54, 1.807) is 0 Å². The Balaban J connectivity index is 3.96. The van der Waals surface area contributed by atoms with Crippen molar-refractivity contribution in [2.24, 2.45) is 11.3 Å². The van der Waals surface area contributed by atoms with Crippen molar-refractivity contribution in [2.45, 2.75) is 124 Å². The van der Waals surface area contributed by atoms with Gasteiger partial charge in [-0.1, -0.05) is 84.5 Å². The zero-order chi connectivity index (χ0) is 22.5. The minimum Gasteiger partial charge on any atom is -0.465 e. The van der Waals surface area contributed by atoms with Crippen LogP contribution in [0, 0.1) is 11.3 Å². The van der Waals surface area contributed by atoms with Crippen LogP contribution in [-0.4, -0.2) is 37.4 Å². The summed E-state index contributed by atoms with van der Waals surface area (Å²) >= 11 is 0. The highest BCUT2D eigenvalue weighted by Gasteiger charge is 2.28. The third-order valence-corrected chi connectivity index (χ3v) is 6.17. The van der Waals surface area contributed by atoms with Gasteiger partial charge in [-0.25, -0.2) is 0 Å². The first kappa shape index (κ1) is 29.4. The molecule has 0 unspecified atom stereocenters. The first-order chi connectivity index (χ1) is 14.5. The van der Waals surface area contributed by atoms with Gasteiger partial charge in [-0.2, -0.15) is 0 Å². The van der Waals surface area contributed by atoms with Crippen LogP contribution in [0.3, 0.4) is 0 Å². The van der Waals surface area contributed by atoms with Crippen molar-refractivity contribution in [3.63, 3.8) is 0 Å². The molecule has 0 rings (SSSR count). The highest BCUT2D eigenvalue weighted by atomic mass is 16.5. The normalized spacial score (nSPS) is 11.9. The molecule has 0 amide bonds. The monoisotopic (exact) mass is 427 g/mol. The van der Waals surface area contributed by atoms with Crippen LogP contribution in [0.5, 0.6) is 0 Å². The summed E-state index contributed by atoms with van der Waals surface area (Å²) in [7, 11) is 0. The van der Waals surface area contributed by atoms with E-state index in [0.717, 1.165) is 44.6 Å². The van der Waals surface area contributed by atoms with Crippen molar-refractivity contribution in [2.75, 3.05) is 26.3 Å². The number of rotatable bonds is 22. The standard InChI is InChI=1S/C26H53NO3/c1-5-7-11-16-24(17-12-8-6-2)18-15-23-30-25(29)26(3,4)19-13-9-10-14-20-27-21-22-28/h24,27-28H,5-23H2,1-4H3. The minimum absolute atomic E-state index is 0.0272. The van der Waals surface area contributed by atoms with Crippen molar-refractivity contribution >= 4 is 5.97 Å². The Labute approximate surface area is 187 Å². The van der Waals surface area contributed by atoms with Crippen molar-refractivity contribution < 1.29 is 14.6 Å². The van der Waals surface area contributed by atoms with Gasteiger partial charge in [0.15, 0.2) is 0 Å². The van der Waals surface area contributed by atoms with Gasteiger partial charge in [-0.15, -0.1) is 0 Å². The van der Waals surface area contributed by atoms with Gasteiger partial charge in [0.2, 0.25) is 0 Å². The summed E-state index contributed by atoms with van der Waals surface area (Å²) in [6.45, 7) is 11.0. The number of esters is 1. The van der Waals surface area contributed by atoms with Crippen LogP contribution in [0.2, 0.25) is 0 Å². The molecule has 30 heavy (non-hydrogen) atoms. The van der Waals surface area contributed by atoms with Crippen molar-refractivity contribution in [3.8, 4) is 0 Å². The van der Waals surface area contributed by atoms with Gasteiger partial charge < -0.3 is 15.2 Å². The molecule has 4 nitrogen and oxygen atoms in total. The van der Waals surface area contributed by atoms with E-state index in [9.17, 15) is 4.79 Å². The molecule has 180 valence electrons. The Bertz CT molecular complexity index is 374. The Kier molecular flexibility index (Phi) is 19.9. The summed E-state index contributed by atoms with van der Waals surface area (Å²) < 4.78 is 5.66. The molecule has 0 aliphatic carbocycles. The van der Waals surface area contributed by atoms with E-state index < -0.39 is 0 Å². The molecule has 0 aromatic heterocycles. The van der Waals surface area contributed by atoms with Gasteiger partial charge in [0.05, 0.1) is 18.6 Å². The molecule has 0 atom stereocenters. The molecule has 0 aromatic carbocycles. The largest absolute Gasteiger partial charge is 0.465 e. The summed E-state index contributed by atoms with van der Waals surface area (Å²) in [5.41, 5.74) is -0.378. The topological polar surface area (TPSA) is 58.6 Å². The Morgan fingerprint density at radius 2 is 1.43 bits per heavy atom. The van der Waals surface area contributed by atoms with Crippen LogP contribution in [-0.2, 0) is 9.53 Å². The van der Waals surface area contributed by atoms with Crippen molar-refractivity contribution in [3.05, 3.63) is 0 Å². The first-order valence-electron chi connectivity index (χ1n) is 13.0. The van der Waals surface area contributed by atoms with Gasteiger partial charge in [0, 0.05) is 6.54 Å². The summed E-state index contributed by atoms with van der Waals surface area (Å²) in [5, 5.41) is 11.9. The molecular weight excluding hydrogens is 374 g/mol. The van der Waals surface area contributed by atoms with Gasteiger partial charge in [-0.05, 0) is 52.0 Å². The number of carbonyl (C=O) groups excluding carboxylic acids is 1. The quantitative estimate of drug-likeness (QED) is 0.150. The zero-order valence-corrected chi connectivity index (χ0v) is 20.8. The van der Waals surface area contributed by atoms with E-state index in [2.05, 4.69) is 19.2 Å². The molecule has 0 saturated carbocycles. The molecule has 4 heteroatoms. The number of nitrogens with one attached hydrogen (secondary N) is 1. The van der Waals surface area contributed by atoms with Gasteiger partial charge in [-0.3, -0.25) is 4.79 Å². The van der Waals surface area contributed by atoms with E-state index in [4.69, 9.17) is 9.84 Å². The maximum Gasteiger partial charge on any atom is 0.311 e. The fourth-order valence-corrected chi connectivity index (χ4v) is 4.01. The third-order valence-electron chi connectivity index (χ3n) is 6.17. The van der Waals surface area contributed by atoms with Crippen LogP contribution in [0.4, 0.5) is 0 Å². The SMILES string of the molecule is CCCCCC(CCCCC)CCCOC(=O)C(C)(C)CCCCCCNCCO. The number of hydrogen-bond donors (Lipinski definition) is 2. The Morgan fingerprint density at radius 1 is 0.833 bits per heavy atom. The van der Waals surface area contributed by atoms with Gasteiger partial charge in [0.25, 0.3) is 0 Å². The molecule has 0 fully saturated rings. The molecule has 0 saturated heterocycles. The van der Waals surface area contributed by atoms with E-state index in [1.165, 1.54) is 64.2 Å². The predicted molar refractivity (Wildman–Crippen MR) is 129 cm³/mol. The first-order valence-corrected chi connectivity index (χ1v) is 13.0. The second-order valence-electron chi connectivity index (χ2n) is 9.66. The Hall–Kier alpha value is -0.610. The molecule has 0 aromatic rings. The molecule has 2 N–H and O–H groups in total. The van der Waals surface area contributed by atoms with Gasteiger partial charge >= 0.3 is 5.97 Å². The number of aliphatic hydroxyl groups is 1. The molecular formula is C26H53NO3. The van der Waals surface area contributed by atoms with Crippen LogP contribution in [0.1, 0.15) is 124 Å². The second-order valence-corrected chi connectivity index (χ2v) is 9.66. The molecule has 0 heterocycles. The van der Waals surface area contributed by atoms with Crippen LogP contribution >= 0.6 is 0 Å². The average molecular weight is 428 g/mol. The smallest absolute Gasteiger partial charge is 0.311 e. The highest BCUT2D eigenvalue weighted by Crippen LogP contribution is 2.26. The average Bonchev–Trinajstić information content (AvgIpc) is 2.72. The highest BCUT2D eigenvalue weighted by molar-refractivity contribution is 5.75. The lowest BCUT2D eigenvalue weighted by atomic mass is 9.87. The maximum absolute atomic E-state index is 12.5. The minimum atomic E-state index is -0.378. The number of unbranched alkanes of at least 4 members (excludes halogenated alkanes) is 7. The van der Waals surface area contributed by atoms with E-state index in [0.29, 0.717) is 13.2 Å². The number of hydrogen-bond acceptors (Lipinski definition) is 4. The van der Waals surface area contributed by atoms with Crippen LogP contribution < -0.4 is 5.32 Å². The van der Waals surface area contributed by atoms with E-state index >= 15 is 0 Å². The number of ether oxygens (including phenoxy) is 1. The lowest BCUT2D eigenvalue weighted by Gasteiger charge is -2.23. The van der Waals surface area contributed by atoms with Crippen molar-refractivity contribution in [1.82, 2.24) is 5.32 Å². The summed E-state index contributed by atoms with van der Waals surface area (Å²) in [5.74, 6) is 0.780. The zero-order valence-electron chi connectivity index (χ0n) is 20.8. The molecule has 0 bridgehead atoms. The molecule has 0 spiro atoms. The van der Waals surface area contributed by atoms with Crippen LogP contribution in [0.15, 0.2) is 0 Å². The fraction of sp³-hybridized carbons (Fsp3) is 0.962. The lowest BCUT2D eigenvalue weighted by molar-refractivity contribution is -0.154. The third kappa shape index (κ3) is 17.1. The molecule has 0 aliphatic heterocycles. The second kappa shape index (κ2) is 20.3. The van der Waals surface area contributed by atoms with Gasteiger partial charge in [0.1, 0.15) is 0 Å². The molecule has 0 aliphatic rings. The van der Waals surface area contributed by atoms with E-state index in [-0.39, 0.29) is 18.0 Å². The van der Waals surface area contributed by atoms with E-state index in [1.807, 2.05) is 13.8 Å². The fourth-order valence-electron chi connectivity index (χ4n) is 4.01. The summed E-state index contributed by atoms with van der Waals surface area (Å²) in [6, 6.07) is 0. The Morgan fingerprint density at radius 3 is 2.03 bits per heavy atom. The predicted octanol–water partition coefficient (Wildman–Crippen LogP) is 6.65. The summed E-state index contributed by atoms with van der Waals surface area (Å²) in [4.78, 5) is 12.5. The molecule has 0 radical (unpaired) electrons. The number of carbonyl (C=O) groups is 1. The van der Waals surface area contributed by atoms with Crippen LogP contribution in [0.25, 0.3) is 0 Å². The van der Waals surface area contributed by atoms with Crippen molar-refractivity contribution in [1.29, 1.82) is 0 Å².